The summed E-state index contributed by atoms with van der Waals surface area (Å²) in [7, 11) is 0. The summed E-state index contributed by atoms with van der Waals surface area (Å²) in [6.45, 7) is 5.04. The van der Waals surface area contributed by atoms with Crippen LogP contribution >= 0.6 is 45.2 Å². The number of nitrogens with one attached hydrogen (secondary N) is 2. The molecule has 0 spiro atoms. The molecule has 0 aromatic heterocycles. The van der Waals surface area contributed by atoms with Gasteiger partial charge in [-0.1, -0.05) is 0 Å². The lowest BCUT2D eigenvalue weighted by Gasteiger charge is -2.23. The van der Waals surface area contributed by atoms with Gasteiger partial charge in [0.1, 0.15) is 17.4 Å². The summed E-state index contributed by atoms with van der Waals surface area (Å²) < 4.78 is 11.5. The third-order valence-electron chi connectivity index (χ3n) is 3.68. The number of esters is 1. The molecule has 0 bridgehead atoms. The van der Waals surface area contributed by atoms with Gasteiger partial charge in [0.25, 0.3) is 5.91 Å². The van der Waals surface area contributed by atoms with E-state index in [4.69, 9.17) is 9.47 Å². The molecule has 29 heavy (non-hydrogen) atoms. The van der Waals surface area contributed by atoms with Crippen molar-refractivity contribution >= 4 is 69.1 Å². The second-order valence-corrected chi connectivity index (χ2v) is 9.68. The maximum absolute atomic E-state index is 12.7. The largest absolute Gasteiger partial charge is 0.506 e. The van der Waals surface area contributed by atoms with E-state index < -0.39 is 41.6 Å². The highest BCUT2D eigenvalue weighted by Crippen LogP contribution is 2.28. The number of rotatable bonds is 5. The van der Waals surface area contributed by atoms with Gasteiger partial charge in [-0.15, -0.1) is 0 Å². The summed E-state index contributed by atoms with van der Waals surface area (Å²) in [5.41, 5.74) is -0.124. The quantitative estimate of drug-likeness (QED) is 0.258. The maximum Gasteiger partial charge on any atom is 0.408 e. The fraction of sp³-hybridized carbons (Fsp3) is 0.444. The highest BCUT2D eigenvalue weighted by Gasteiger charge is 2.36. The highest BCUT2D eigenvalue weighted by molar-refractivity contribution is 14.1. The summed E-state index contributed by atoms with van der Waals surface area (Å²) in [5, 5.41) is 14.4. The third kappa shape index (κ3) is 6.97. The van der Waals surface area contributed by atoms with E-state index in [1.54, 1.807) is 32.9 Å². The maximum atomic E-state index is 12.7. The van der Waals surface area contributed by atoms with Gasteiger partial charge in [0.2, 0.25) is 5.91 Å². The van der Waals surface area contributed by atoms with Crippen LogP contribution in [-0.2, 0) is 30.3 Å². The molecule has 9 nitrogen and oxygen atoms in total. The molecule has 0 saturated carbocycles. The fourth-order valence-corrected chi connectivity index (χ4v) is 4.36. The van der Waals surface area contributed by atoms with E-state index in [2.05, 4.69) is 10.6 Å². The van der Waals surface area contributed by atoms with Gasteiger partial charge in [0.15, 0.2) is 6.10 Å². The Morgan fingerprint density at radius 3 is 2.34 bits per heavy atom. The smallest absolute Gasteiger partial charge is 0.408 e. The van der Waals surface area contributed by atoms with Crippen LogP contribution in [0.4, 0.5) is 4.79 Å². The lowest BCUT2D eigenvalue weighted by atomic mass is 10.1. The number of aromatic hydroxyl groups is 1. The third-order valence-corrected chi connectivity index (χ3v) is 5.32. The van der Waals surface area contributed by atoms with E-state index in [0.717, 1.165) is 0 Å². The van der Waals surface area contributed by atoms with Crippen molar-refractivity contribution in [1.82, 2.24) is 10.6 Å². The van der Waals surface area contributed by atoms with Gasteiger partial charge in [-0.05, 0) is 83.6 Å². The Hall–Kier alpha value is -1.64. The molecule has 3 N–H and O–H groups in total. The first kappa shape index (κ1) is 23.6. The molecule has 1 unspecified atom stereocenters. The van der Waals surface area contributed by atoms with Gasteiger partial charge in [-0.3, -0.25) is 14.9 Å². The van der Waals surface area contributed by atoms with Gasteiger partial charge in [0, 0.05) is 6.42 Å². The Labute approximate surface area is 194 Å². The van der Waals surface area contributed by atoms with Crippen molar-refractivity contribution in [1.29, 1.82) is 0 Å². The first-order valence-corrected chi connectivity index (χ1v) is 10.7. The van der Waals surface area contributed by atoms with E-state index in [1.165, 1.54) is 0 Å². The number of carbonyl (C=O) groups is 4. The second kappa shape index (κ2) is 9.45. The molecule has 1 aliphatic heterocycles. The molecule has 1 heterocycles. The van der Waals surface area contributed by atoms with Crippen LogP contribution in [-0.4, -0.2) is 46.7 Å². The number of halogens is 2. The minimum atomic E-state index is -1.24. The Morgan fingerprint density at radius 1 is 1.28 bits per heavy atom. The van der Waals surface area contributed by atoms with Gasteiger partial charge in [-0.25, -0.2) is 9.59 Å². The summed E-state index contributed by atoms with van der Waals surface area (Å²) in [6.07, 6.45) is -2.29. The van der Waals surface area contributed by atoms with Crippen molar-refractivity contribution in [2.75, 3.05) is 0 Å². The summed E-state index contributed by atoms with van der Waals surface area (Å²) in [6, 6.07) is 2.17. The number of benzene rings is 1. The molecule has 1 aromatic carbocycles. The van der Waals surface area contributed by atoms with E-state index >= 15 is 0 Å². The zero-order valence-electron chi connectivity index (χ0n) is 15.9. The van der Waals surface area contributed by atoms with Crippen LogP contribution in [0.3, 0.4) is 0 Å². The Balaban J connectivity index is 2.20. The van der Waals surface area contributed by atoms with Gasteiger partial charge in [-0.2, -0.15) is 0 Å². The minimum Gasteiger partial charge on any atom is -0.506 e. The average molecular weight is 630 g/mol. The number of imide groups is 1. The SMILES string of the molecule is CC(C)(C)OC(=O)N[C@@H](Cc1cc(I)c(O)c(I)c1)C(=O)OC1CC(=O)NC1=O. The summed E-state index contributed by atoms with van der Waals surface area (Å²) >= 11 is 3.91. The van der Waals surface area contributed by atoms with Crippen LogP contribution in [0.2, 0.25) is 0 Å². The molecule has 1 aliphatic rings. The van der Waals surface area contributed by atoms with Crippen molar-refractivity contribution in [3.8, 4) is 5.75 Å². The molecule has 3 amide bonds. The zero-order valence-corrected chi connectivity index (χ0v) is 20.2. The van der Waals surface area contributed by atoms with Crippen LogP contribution in [0.1, 0.15) is 32.8 Å². The number of alkyl carbamates (subject to hydrolysis) is 1. The molecule has 158 valence electrons. The zero-order chi connectivity index (χ0) is 21.9. The number of phenolic OH excluding ortho intramolecular Hbond substituents is 1. The minimum absolute atomic E-state index is 0.0344. The molecule has 1 saturated heterocycles. The van der Waals surface area contributed by atoms with Gasteiger partial charge < -0.3 is 19.9 Å². The molecule has 1 fully saturated rings. The Morgan fingerprint density at radius 2 is 1.86 bits per heavy atom. The second-order valence-electron chi connectivity index (χ2n) is 7.35. The first-order valence-electron chi connectivity index (χ1n) is 8.56. The normalized spacial score (nSPS) is 17.5. The predicted molar refractivity (Wildman–Crippen MR) is 118 cm³/mol. The van der Waals surface area contributed by atoms with Crippen LogP contribution in [0.5, 0.6) is 5.75 Å². The van der Waals surface area contributed by atoms with Crippen LogP contribution in [0.25, 0.3) is 0 Å². The Bertz CT molecular complexity index is 828. The van der Waals surface area contributed by atoms with Crippen molar-refractivity contribution < 1.29 is 33.8 Å². The molecule has 2 atom stereocenters. The van der Waals surface area contributed by atoms with E-state index in [0.29, 0.717) is 12.7 Å². The van der Waals surface area contributed by atoms with Crippen LogP contribution in [0, 0.1) is 7.14 Å². The Kier molecular flexibility index (Phi) is 7.70. The highest BCUT2D eigenvalue weighted by atomic mass is 127. The fourth-order valence-electron chi connectivity index (χ4n) is 2.46. The van der Waals surface area contributed by atoms with E-state index in [-0.39, 0.29) is 18.6 Å². The standard InChI is InChI=1S/C18H20I2N2O7/c1-18(2,3)29-17(27)21-11(6-8-4-9(19)14(24)10(20)5-8)16(26)28-12-7-13(23)22-15(12)25/h4-5,11-12,24H,6-7H2,1-3H3,(H,21,27)(H,22,23,25)/t11-,12?/m0/s1. The van der Waals surface area contributed by atoms with Crippen LogP contribution in [0.15, 0.2) is 12.1 Å². The monoisotopic (exact) mass is 630 g/mol. The lowest BCUT2D eigenvalue weighted by molar-refractivity contribution is -0.156. The van der Waals surface area contributed by atoms with Crippen molar-refractivity contribution in [3.05, 3.63) is 24.8 Å². The van der Waals surface area contributed by atoms with Crippen molar-refractivity contribution in [2.45, 2.75) is 51.4 Å². The number of hydrogen-bond acceptors (Lipinski definition) is 7. The molecule has 0 radical (unpaired) electrons. The van der Waals surface area contributed by atoms with Gasteiger partial charge in [0.05, 0.1) is 13.6 Å². The lowest BCUT2D eigenvalue weighted by Crippen LogP contribution is -2.47. The summed E-state index contributed by atoms with van der Waals surface area (Å²) in [5.74, 6) is -1.99. The van der Waals surface area contributed by atoms with Crippen molar-refractivity contribution in [3.63, 3.8) is 0 Å². The number of ether oxygens (including phenoxy) is 2. The molecule has 11 heteroatoms. The molecular weight excluding hydrogens is 610 g/mol. The van der Waals surface area contributed by atoms with Gasteiger partial charge >= 0.3 is 12.1 Å². The number of hydrogen-bond donors (Lipinski definition) is 3. The number of phenols is 1. The van der Waals surface area contributed by atoms with Crippen molar-refractivity contribution in [2.24, 2.45) is 0 Å². The molecule has 0 aliphatic carbocycles. The number of amides is 3. The van der Waals surface area contributed by atoms with E-state index in [1.807, 2.05) is 45.2 Å². The predicted octanol–water partition coefficient (Wildman–Crippen LogP) is 2.00. The number of carbonyl (C=O) groups excluding carboxylic acids is 4. The molecule has 1 aromatic rings. The summed E-state index contributed by atoms with van der Waals surface area (Å²) in [4.78, 5) is 47.8. The topological polar surface area (TPSA) is 131 Å². The molecule has 2 rings (SSSR count). The van der Waals surface area contributed by atoms with E-state index in [9.17, 15) is 24.3 Å². The average Bonchev–Trinajstić information content (AvgIpc) is 2.87. The molecular formula is C18H20I2N2O7. The first-order chi connectivity index (χ1) is 13.4. The van der Waals surface area contributed by atoms with Crippen LogP contribution < -0.4 is 10.6 Å².